The molecule has 0 aromatic carbocycles. The predicted molar refractivity (Wildman–Crippen MR) is 27.9 cm³/mol. The molecule has 8 nitrogen and oxygen atoms in total. The van der Waals surface area contributed by atoms with Crippen LogP contribution in [0.4, 0.5) is 0 Å². The molecule has 0 rings (SSSR count). The molecule has 0 saturated carbocycles. The third-order valence-electron chi connectivity index (χ3n) is 0.840. The molecule has 0 unspecified atom stereocenters. The van der Waals surface area contributed by atoms with E-state index in [9.17, 15) is 20.2 Å². The summed E-state index contributed by atoms with van der Waals surface area (Å²) in [5.41, 5.74) is -3.36. The van der Waals surface area contributed by atoms with Crippen LogP contribution in [-0.4, -0.2) is 15.5 Å². The van der Waals surface area contributed by atoms with Crippen LogP contribution in [0.15, 0.2) is 0 Å². The Morgan fingerprint density at radius 2 is 1.36 bits per heavy atom. The second-order valence-electron chi connectivity index (χ2n) is 1.41. The molecule has 0 bridgehead atoms. The Balaban J connectivity index is 5.19. The summed E-state index contributed by atoms with van der Waals surface area (Å²) in [5.74, 6) is 0. The van der Waals surface area contributed by atoms with Crippen molar-refractivity contribution in [2.75, 3.05) is 0 Å². The molecular weight excluding hydrogens is 156 g/mol. The van der Waals surface area contributed by atoms with Crippen LogP contribution >= 0.6 is 0 Å². The highest BCUT2D eigenvalue weighted by atomic mass is 16.7. The largest absolute Gasteiger partial charge is 0.631 e. The van der Waals surface area contributed by atoms with E-state index in [1.54, 1.807) is 0 Å². The summed E-state index contributed by atoms with van der Waals surface area (Å²) in [6.07, 6.45) is 0. The molecular formula is C3N4O4. The minimum atomic E-state index is -3.36. The SMILES string of the molecule is N#CC(C#N)([N+](=O)[O-])[N+](=O)[O-]. The first-order chi connectivity index (χ1) is 5.01. The van der Waals surface area contributed by atoms with Gasteiger partial charge in [0.15, 0.2) is 0 Å². The number of hydrogen-bond donors (Lipinski definition) is 0. The molecule has 56 valence electrons. The monoisotopic (exact) mass is 156 g/mol. The average molecular weight is 156 g/mol. The summed E-state index contributed by atoms with van der Waals surface area (Å²) in [6.45, 7) is 0. The van der Waals surface area contributed by atoms with Gasteiger partial charge in [0, 0.05) is 0 Å². The van der Waals surface area contributed by atoms with E-state index in [1.165, 1.54) is 0 Å². The molecule has 0 aliphatic heterocycles. The van der Waals surface area contributed by atoms with Gasteiger partial charge >= 0.3 is 5.66 Å². The zero-order valence-corrected chi connectivity index (χ0v) is 4.92. The van der Waals surface area contributed by atoms with Crippen molar-refractivity contribution in [1.29, 1.82) is 10.5 Å². The lowest BCUT2D eigenvalue weighted by molar-refractivity contribution is -0.758. The minimum Gasteiger partial charge on any atom is -0.256 e. The van der Waals surface area contributed by atoms with Crippen LogP contribution in [0.2, 0.25) is 0 Å². The molecule has 0 atom stereocenters. The number of rotatable bonds is 2. The van der Waals surface area contributed by atoms with Crippen molar-refractivity contribution in [3.63, 3.8) is 0 Å². The number of hydrogen-bond acceptors (Lipinski definition) is 6. The fraction of sp³-hybridized carbons (Fsp3) is 0.333. The van der Waals surface area contributed by atoms with Gasteiger partial charge in [0.2, 0.25) is 12.1 Å². The van der Waals surface area contributed by atoms with Gasteiger partial charge in [-0.2, -0.15) is 10.5 Å². The van der Waals surface area contributed by atoms with Crippen molar-refractivity contribution in [3.05, 3.63) is 20.2 Å². The third kappa shape index (κ3) is 1.04. The second-order valence-corrected chi connectivity index (χ2v) is 1.41. The van der Waals surface area contributed by atoms with Crippen LogP contribution in [-0.2, 0) is 0 Å². The molecule has 0 N–H and O–H groups in total. The number of nitriles is 2. The quantitative estimate of drug-likeness (QED) is 0.294. The van der Waals surface area contributed by atoms with E-state index in [0.717, 1.165) is 0 Å². The normalized spacial score (nSPS) is 9.27. The Kier molecular flexibility index (Phi) is 2.06. The van der Waals surface area contributed by atoms with Crippen LogP contribution in [0.5, 0.6) is 0 Å². The van der Waals surface area contributed by atoms with Crippen LogP contribution in [0, 0.1) is 42.9 Å². The fourth-order valence-electron chi connectivity index (χ4n) is 0.255. The molecule has 0 heterocycles. The molecule has 0 aliphatic rings. The zero-order valence-electron chi connectivity index (χ0n) is 4.92. The summed E-state index contributed by atoms with van der Waals surface area (Å²) in [7, 11) is 0. The Hall–Kier alpha value is -2.22. The molecule has 0 fully saturated rings. The molecule has 0 aromatic heterocycles. The lowest BCUT2D eigenvalue weighted by Crippen LogP contribution is -2.43. The van der Waals surface area contributed by atoms with Crippen molar-refractivity contribution < 1.29 is 9.85 Å². The Bertz CT molecular complexity index is 253. The smallest absolute Gasteiger partial charge is 0.256 e. The maximum absolute atomic E-state index is 9.84. The van der Waals surface area contributed by atoms with Gasteiger partial charge in [0.25, 0.3) is 0 Å². The van der Waals surface area contributed by atoms with Gasteiger partial charge in [-0.3, -0.25) is 20.2 Å². The van der Waals surface area contributed by atoms with Crippen LogP contribution in [0.1, 0.15) is 0 Å². The predicted octanol–water partition coefficient (Wildman–Crippen LogP) is -0.717. The van der Waals surface area contributed by atoms with E-state index in [4.69, 9.17) is 10.5 Å². The maximum atomic E-state index is 9.84. The summed E-state index contributed by atoms with van der Waals surface area (Å²) in [5, 5.41) is 35.6. The summed E-state index contributed by atoms with van der Waals surface area (Å²) >= 11 is 0. The van der Waals surface area contributed by atoms with Gasteiger partial charge in [-0.25, -0.2) is 0 Å². The number of nitrogens with zero attached hydrogens (tertiary/aromatic N) is 4. The van der Waals surface area contributed by atoms with Crippen molar-refractivity contribution in [3.8, 4) is 12.1 Å². The van der Waals surface area contributed by atoms with E-state index < -0.39 is 15.5 Å². The minimum absolute atomic E-state index is 0.705. The molecule has 0 aliphatic carbocycles. The first kappa shape index (κ1) is 8.78. The molecule has 0 spiro atoms. The number of nitro groups is 2. The van der Waals surface area contributed by atoms with Crippen molar-refractivity contribution in [1.82, 2.24) is 0 Å². The molecule has 0 radical (unpaired) electrons. The summed E-state index contributed by atoms with van der Waals surface area (Å²) < 4.78 is 0. The fourth-order valence-corrected chi connectivity index (χ4v) is 0.255. The Labute approximate surface area is 59.6 Å². The van der Waals surface area contributed by atoms with Crippen LogP contribution < -0.4 is 0 Å². The highest BCUT2D eigenvalue weighted by Crippen LogP contribution is 2.06. The lowest BCUT2D eigenvalue weighted by atomic mass is 10.2. The standard InChI is InChI=1S/C3N4O4/c4-1-3(2-5,6(8)9)7(10)11. The summed E-state index contributed by atoms with van der Waals surface area (Å²) in [6, 6.07) is 1.41. The molecule has 0 amide bonds. The first-order valence-electron chi connectivity index (χ1n) is 2.12. The topological polar surface area (TPSA) is 134 Å². The van der Waals surface area contributed by atoms with Gasteiger partial charge < -0.3 is 0 Å². The van der Waals surface area contributed by atoms with Crippen LogP contribution in [0.3, 0.4) is 0 Å². The highest BCUT2D eigenvalue weighted by Gasteiger charge is 2.58. The van der Waals surface area contributed by atoms with Gasteiger partial charge in [0.05, 0.1) is 0 Å². The van der Waals surface area contributed by atoms with Gasteiger partial charge in [-0.1, -0.05) is 0 Å². The van der Waals surface area contributed by atoms with Crippen molar-refractivity contribution >= 4 is 0 Å². The zero-order chi connectivity index (χ0) is 9.07. The highest BCUT2D eigenvalue weighted by molar-refractivity contribution is 5.08. The molecule has 11 heavy (non-hydrogen) atoms. The van der Waals surface area contributed by atoms with E-state index in [0.29, 0.717) is 12.1 Å². The maximum Gasteiger partial charge on any atom is 0.631 e. The van der Waals surface area contributed by atoms with E-state index >= 15 is 0 Å². The van der Waals surface area contributed by atoms with Gasteiger partial charge in [-0.15, -0.1) is 0 Å². The molecule has 8 heteroatoms. The average Bonchev–Trinajstić information content (AvgIpc) is 1.90. The lowest BCUT2D eigenvalue weighted by Gasteiger charge is -1.97. The first-order valence-corrected chi connectivity index (χ1v) is 2.12. The van der Waals surface area contributed by atoms with Crippen molar-refractivity contribution in [2.45, 2.75) is 5.66 Å². The third-order valence-corrected chi connectivity index (χ3v) is 0.840. The molecule has 0 aromatic rings. The van der Waals surface area contributed by atoms with E-state index in [-0.39, 0.29) is 0 Å². The van der Waals surface area contributed by atoms with Gasteiger partial charge in [0.1, 0.15) is 9.85 Å². The molecule has 0 saturated heterocycles. The second kappa shape index (κ2) is 2.58. The van der Waals surface area contributed by atoms with Crippen LogP contribution in [0.25, 0.3) is 0 Å². The Morgan fingerprint density at radius 3 is 1.36 bits per heavy atom. The van der Waals surface area contributed by atoms with Crippen molar-refractivity contribution in [2.24, 2.45) is 0 Å². The Morgan fingerprint density at radius 1 is 1.09 bits per heavy atom. The van der Waals surface area contributed by atoms with E-state index in [2.05, 4.69) is 0 Å². The van der Waals surface area contributed by atoms with E-state index in [1.807, 2.05) is 0 Å². The van der Waals surface area contributed by atoms with Gasteiger partial charge in [-0.05, 0) is 0 Å². The summed E-state index contributed by atoms with van der Waals surface area (Å²) in [4.78, 5) is 16.6.